The van der Waals surface area contributed by atoms with E-state index >= 15 is 0 Å². The van der Waals surface area contributed by atoms with Crippen molar-refractivity contribution < 1.29 is 9.59 Å². The van der Waals surface area contributed by atoms with Crippen molar-refractivity contribution in [2.45, 2.75) is 70.5 Å². The standard InChI is InChI=1S/C20H27ClN2O2/c1-14-7-9-16(10-8-14)22-19(25)20(2)12-11-18(24)23(20)13-15-5-3-4-6-17(15)21/h3-6,14,16H,7-13H2,1-2H3,(H,22,25). The summed E-state index contributed by atoms with van der Waals surface area (Å²) in [6, 6.07) is 7.74. The number of halogens is 1. The predicted molar refractivity (Wildman–Crippen MR) is 99.2 cm³/mol. The van der Waals surface area contributed by atoms with Gasteiger partial charge in [-0.2, -0.15) is 0 Å². The third-order valence-electron chi connectivity index (χ3n) is 5.85. The fraction of sp³-hybridized carbons (Fsp3) is 0.600. The molecule has 1 atom stereocenters. The number of benzene rings is 1. The van der Waals surface area contributed by atoms with Gasteiger partial charge >= 0.3 is 0 Å². The van der Waals surface area contributed by atoms with Gasteiger partial charge in [0.15, 0.2) is 0 Å². The van der Waals surface area contributed by atoms with Crippen LogP contribution in [0.4, 0.5) is 0 Å². The van der Waals surface area contributed by atoms with Crippen LogP contribution in [0.2, 0.25) is 5.02 Å². The highest BCUT2D eigenvalue weighted by Gasteiger charge is 2.47. The van der Waals surface area contributed by atoms with Crippen molar-refractivity contribution in [2.75, 3.05) is 0 Å². The number of amides is 2. The highest BCUT2D eigenvalue weighted by Crippen LogP contribution is 2.34. The molecule has 1 N–H and O–H groups in total. The molecule has 0 radical (unpaired) electrons. The Kier molecular flexibility index (Phi) is 5.38. The van der Waals surface area contributed by atoms with Gasteiger partial charge in [-0.05, 0) is 56.6 Å². The summed E-state index contributed by atoms with van der Waals surface area (Å²) in [4.78, 5) is 27.2. The number of likely N-dealkylation sites (tertiary alicyclic amines) is 1. The smallest absolute Gasteiger partial charge is 0.245 e. The van der Waals surface area contributed by atoms with Crippen molar-refractivity contribution in [3.8, 4) is 0 Å². The number of nitrogens with one attached hydrogen (secondary N) is 1. The van der Waals surface area contributed by atoms with Crippen LogP contribution in [0.25, 0.3) is 0 Å². The second-order valence-corrected chi connectivity index (χ2v) is 8.18. The summed E-state index contributed by atoms with van der Waals surface area (Å²) in [5.41, 5.74) is 0.0872. The van der Waals surface area contributed by atoms with E-state index in [1.807, 2.05) is 31.2 Å². The molecule has 25 heavy (non-hydrogen) atoms. The van der Waals surface area contributed by atoms with Crippen LogP contribution in [0, 0.1) is 5.92 Å². The Bertz CT molecular complexity index is 655. The van der Waals surface area contributed by atoms with E-state index in [0.717, 1.165) is 37.2 Å². The lowest BCUT2D eigenvalue weighted by Gasteiger charge is -2.36. The van der Waals surface area contributed by atoms with Crippen molar-refractivity contribution in [3.63, 3.8) is 0 Å². The Morgan fingerprint density at radius 1 is 1.28 bits per heavy atom. The molecular formula is C20H27ClN2O2. The molecule has 5 heteroatoms. The lowest BCUT2D eigenvalue weighted by Crippen LogP contribution is -2.56. The minimum Gasteiger partial charge on any atom is -0.351 e. The van der Waals surface area contributed by atoms with Crippen LogP contribution in [0.15, 0.2) is 24.3 Å². The van der Waals surface area contributed by atoms with Crippen LogP contribution < -0.4 is 5.32 Å². The van der Waals surface area contributed by atoms with E-state index in [0.29, 0.717) is 24.4 Å². The molecule has 1 saturated carbocycles. The third-order valence-corrected chi connectivity index (χ3v) is 6.22. The van der Waals surface area contributed by atoms with Crippen LogP contribution in [0.1, 0.15) is 57.9 Å². The lowest BCUT2D eigenvalue weighted by molar-refractivity contribution is -0.141. The summed E-state index contributed by atoms with van der Waals surface area (Å²) in [5.74, 6) is 0.744. The zero-order valence-corrected chi connectivity index (χ0v) is 15.8. The minimum atomic E-state index is -0.792. The van der Waals surface area contributed by atoms with Gasteiger partial charge in [-0.15, -0.1) is 0 Å². The summed E-state index contributed by atoms with van der Waals surface area (Å²) in [7, 11) is 0. The number of nitrogens with zero attached hydrogens (tertiary/aromatic N) is 1. The maximum absolute atomic E-state index is 13.0. The molecule has 2 fully saturated rings. The van der Waals surface area contributed by atoms with E-state index in [1.54, 1.807) is 4.90 Å². The number of carbonyl (C=O) groups is 2. The van der Waals surface area contributed by atoms with E-state index in [-0.39, 0.29) is 17.9 Å². The molecule has 2 amide bonds. The Labute approximate surface area is 154 Å². The van der Waals surface area contributed by atoms with Crippen molar-refractivity contribution in [1.29, 1.82) is 0 Å². The van der Waals surface area contributed by atoms with Crippen LogP contribution >= 0.6 is 11.6 Å². The van der Waals surface area contributed by atoms with Crippen LogP contribution in [-0.4, -0.2) is 28.3 Å². The molecule has 1 aromatic carbocycles. The fourth-order valence-electron chi connectivity index (χ4n) is 3.94. The SMILES string of the molecule is CC1CCC(NC(=O)C2(C)CCC(=O)N2Cc2ccccc2Cl)CC1. The maximum Gasteiger partial charge on any atom is 0.245 e. The van der Waals surface area contributed by atoms with Crippen molar-refractivity contribution in [3.05, 3.63) is 34.9 Å². The number of carbonyl (C=O) groups excluding carboxylic acids is 2. The molecule has 1 aliphatic heterocycles. The van der Waals surface area contributed by atoms with Gasteiger partial charge < -0.3 is 10.2 Å². The first-order valence-electron chi connectivity index (χ1n) is 9.25. The quantitative estimate of drug-likeness (QED) is 0.882. The van der Waals surface area contributed by atoms with E-state index < -0.39 is 5.54 Å². The molecular weight excluding hydrogens is 336 g/mol. The molecule has 0 spiro atoms. The van der Waals surface area contributed by atoms with Gasteiger partial charge in [0.05, 0.1) is 0 Å². The lowest BCUT2D eigenvalue weighted by atomic mass is 9.86. The highest BCUT2D eigenvalue weighted by molar-refractivity contribution is 6.31. The summed E-state index contributed by atoms with van der Waals surface area (Å²) in [5, 5.41) is 3.84. The van der Waals surface area contributed by atoms with Crippen molar-refractivity contribution in [2.24, 2.45) is 5.92 Å². The number of rotatable bonds is 4. The molecule has 3 rings (SSSR count). The summed E-state index contributed by atoms with van der Waals surface area (Å²) in [6.07, 6.45) is 5.35. The number of hydrogen-bond acceptors (Lipinski definition) is 2. The molecule has 1 unspecified atom stereocenters. The molecule has 2 aliphatic rings. The third kappa shape index (κ3) is 3.84. The second-order valence-electron chi connectivity index (χ2n) is 7.78. The second kappa shape index (κ2) is 7.36. The van der Waals surface area contributed by atoms with E-state index in [4.69, 9.17) is 11.6 Å². The van der Waals surface area contributed by atoms with Crippen molar-refractivity contribution in [1.82, 2.24) is 10.2 Å². The molecule has 1 aliphatic carbocycles. The summed E-state index contributed by atoms with van der Waals surface area (Å²) in [6.45, 7) is 4.53. The Morgan fingerprint density at radius 2 is 1.96 bits per heavy atom. The summed E-state index contributed by atoms with van der Waals surface area (Å²) >= 11 is 6.25. The fourth-order valence-corrected chi connectivity index (χ4v) is 4.13. The average molecular weight is 363 g/mol. The van der Waals surface area contributed by atoms with Crippen LogP contribution in [0.5, 0.6) is 0 Å². The highest BCUT2D eigenvalue weighted by atomic mass is 35.5. The predicted octanol–water partition coefficient (Wildman–Crippen LogP) is 3.92. The largest absolute Gasteiger partial charge is 0.351 e. The first-order chi connectivity index (χ1) is 11.9. The van der Waals surface area contributed by atoms with E-state index in [2.05, 4.69) is 12.2 Å². The normalized spacial score (nSPS) is 29.7. The Morgan fingerprint density at radius 3 is 2.64 bits per heavy atom. The zero-order chi connectivity index (χ0) is 18.0. The maximum atomic E-state index is 13.0. The minimum absolute atomic E-state index is 0.0230. The molecule has 1 saturated heterocycles. The van der Waals surface area contributed by atoms with E-state index in [9.17, 15) is 9.59 Å². The summed E-state index contributed by atoms with van der Waals surface area (Å²) < 4.78 is 0. The van der Waals surface area contributed by atoms with Gasteiger partial charge in [0.25, 0.3) is 0 Å². The van der Waals surface area contributed by atoms with Gasteiger partial charge in [-0.25, -0.2) is 0 Å². The van der Waals surface area contributed by atoms with Gasteiger partial charge in [-0.3, -0.25) is 9.59 Å². The van der Waals surface area contributed by atoms with Gasteiger partial charge in [0.2, 0.25) is 11.8 Å². The van der Waals surface area contributed by atoms with Crippen LogP contribution in [0.3, 0.4) is 0 Å². The first-order valence-corrected chi connectivity index (χ1v) is 9.63. The van der Waals surface area contributed by atoms with Crippen LogP contribution in [-0.2, 0) is 16.1 Å². The molecule has 4 nitrogen and oxygen atoms in total. The topological polar surface area (TPSA) is 49.4 Å². The Balaban J connectivity index is 1.72. The molecule has 1 aromatic rings. The monoisotopic (exact) mass is 362 g/mol. The molecule has 0 bridgehead atoms. The van der Waals surface area contributed by atoms with Gasteiger partial charge in [-0.1, -0.05) is 36.7 Å². The van der Waals surface area contributed by atoms with Crippen molar-refractivity contribution >= 4 is 23.4 Å². The molecule has 136 valence electrons. The molecule has 1 heterocycles. The first kappa shape index (κ1) is 18.2. The van der Waals surface area contributed by atoms with Gasteiger partial charge in [0.1, 0.15) is 5.54 Å². The van der Waals surface area contributed by atoms with Gasteiger partial charge in [0, 0.05) is 24.0 Å². The number of hydrogen-bond donors (Lipinski definition) is 1. The zero-order valence-electron chi connectivity index (χ0n) is 15.1. The van der Waals surface area contributed by atoms with E-state index in [1.165, 1.54) is 0 Å². The molecule has 0 aromatic heterocycles. The average Bonchev–Trinajstić information content (AvgIpc) is 2.88. The Hall–Kier alpha value is -1.55.